The fraction of sp³-hybridized carbons (Fsp3) is 0.471. The number of hydrogen-bond donors (Lipinski definition) is 2. The smallest absolute Gasteiger partial charge is 0.481 e. The highest BCUT2D eigenvalue weighted by Gasteiger charge is 2.43. The van der Waals surface area contributed by atoms with Crippen LogP contribution < -0.4 is 15.0 Å². The SMILES string of the molecule is O=C(O)C1CCC1C(=O)NC1CCN(c2cccc(OC(F)(F)F)c2)C1=O. The third-order valence-electron chi connectivity index (χ3n) is 4.81. The third kappa shape index (κ3) is 4.15. The average molecular weight is 386 g/mol. The molecule has 1 saturated heterocycles. The van der Waals surface area contributed by atoms with Gasteiger partial charge in [-0.25, -0.2) is 0 Å². The van der Waals surface area contributed by atoms with Crippen molar-refractivity contribution in [3.05, 3.63) is 24.3 Å². The van der Waals surface area contributed by atoms with E-state index in [2.05, 4.69) is 10.1 Å². The second-order valence-corrected chi connectivity index (χ2v) is 6.51. The van der Waals surface area contributed by atoms with Crippen LogP contribution in [0.15, 0.2) is 24.3 Å². The van der Waals surface area contributed by atoms with Gasteiger partial charge in [0.1, 0.15) is 11.8 Å². The maximum Gasteiger partial charge on any atom is 0.573 e. The number of carbonyl (C=O) groups excluding carboxylic acids is 2. The van der Waals surface area contributed by atoms with Gasteiger partial charge in [-0.1, -0.05) is 6.07 Å². The van der Waals surface area contributed by atoms with Gasteiger partial charge < -0.3 is 20.1 Å². The van der Waals surface area contributed by atoms with E-state index in [1.807, 2.05) is 0 Å². The number of carbonyl (C=O) groups is 3. The summed E-state index contributed by atoms with van der Waals surface area (Å²) in [6.07, 6.45) is -3.69. The van der Waals surface area contributed by atoms with Gasteiger partial charge in [0.25, 0.3) is 0 Å². The fourth-order valence-electron chi connectivity index (χ4n) is 3.31. The molecule has 1 aliphatic heterocycles. The number of benzene rings is 1. The van der Waals surface area contributed by atoms with Crippen LogP contribution in [0, 0.1) is 11.8 Å². The highest BCUT2D eigenvalue weighted by atomic mass is 19.4. The molecule has 1 aromatic rings. The summed E-state index contributed by atoms with van der Waals surface area (Å²) in [5.74, 6) is -3.83. The number of aliphatic carboxylic acids is 1. The van der Waals surface area contributed by atoms with Gasteiger partial charge >= 0.3 is 12.3 Å². The number of amides is 2. The van der Waals surface area contributed by atoms with E-state index in [1.165, 1.54) is 17.0 Å². The van der Waals surface area contributed by atoms with Crippen LogP contribution in [0.25, 0.3) is 0 Å². The Morgan fingerprint density at radius 3 is 2.48 bits per heavy atom. The average Bonchev–Trinajstić information content (AvgIpc) is 2.85. The predicted octanol–water partition coefficient (Wildman–Crippen LogP) is 1.92. The molecule has 3 atom stereocenters. The van der Waals surface area contributed by atoms with E-state index in [9.17, 15) is 27.6 Å². The zero-order valence-corrected chi connectivity index (χ0v) is 14.0. The molecule has 1 aromatic carbocycles. The van der Waals surface area contributed by atoms with Crippen molar-refractivity contribution in [3.63, 3.8) is 0 Å². The van der Waals surface area contributed by atoms with Crippen molar-refractivity contribution in [1.82, 2.24) is 5.32 Å². The lowest BCUT2D eigenvalue weighted by atomic mass is 9.73. The van der Waals surface area contributed by atoms with Crippen LogP contribution >= 0.6 is 0 Å². The molecule has 10 heteroatoms. The van der Waals surface area contributed by atoms with Crippen molar-refractivity contribution in [2.24, 2.45) is 11.8 Å². The third-order valence-corrected chi connectivity index (χ3v) is 4.81. The number of nitrogens with one attached hydrogen (secondary N) is 1. The molecular formula is C17H17F3N2O5. The lowest BCUT2D eigenvalue weighted by Crippen LogP contribution is -2.49. The molecule has 1 aliphatic carbocycles. The van der Waals surface area contributed by atoms with Gasteiger partial charge in [-0.05, 0) is 31.4 Å². The summed E-state index contributed by atoms with van der Waals surface area (Å²) in [6, 6.07) is 4.19. The topological polar surface area (TPSA) is 95.9 Å². The summed E-state index contributed by atoms with van der Waals surface area (Å²) in [7, 11) is 0. The molecule has 7 nitrogen and oxygen atoms in total. The number of halogens is 3. The lowest BCUT2D eigenvalue weighted by Gasteiger charge is -2.32. The van der Waals surface area contributed by atoms with Crippen molar-refractivity contribution in [2.45, 2.75) is 31.7 Å². The van der Waals surface area contributed by atoms with Crippen LogP contribution in [0.3, 0.4) is 0 Å². The molecule has 27 heavy (non-hydrogen) atoms. The highest BCUT2D eigenvalue weighted by Crippen LogP contribution is 2.35. The number of carboxylic acid groups (broad SMARTS) is 1. The first-order chi connectivity index (χ1) is 12.7. The van der Waals surface area contributed by atoms with Crippen LogP contribution in [-0.4, -0.2) is 41.8 Å². The predicted molar refractivity (Wildman–Crippen MR) is 85.9 cm³/mol. The number of carboxylic acids is 1. The Labute approximate surface area is 152 Å². The van der Waals surface area contributed by atoms with Crippen molar-refractivity contribution in [1.29, 1.82) is 0 Å². The van der Waals surface area contributed by atoms with Gasteiger partial charge in [-0.15, -0.1) is 13.2 Å². The molecule has 3 rings (SSSR count). The Hall–Kier alpha value is -2.78. The summed E-state index contributed by atoms with van der Waals surface area (Å²) in [4.78, 5) is 37.0. The van der Waals surface area contributed by atoms with Crippen LogP contribution in [0.1, 0.15) is 19.3 Å². The minimum atomic E-state index is -4.84. The fourth-order valence-corrected chi connectivity index (χ4v) is 3.31. The Morgan fingerprint density at radius 2 is 1.89 bits per heavy atom. The molecule has 3 unspecified atom stereocenters. The Balaban J connectivity index is 1.64. The zero-order valence-electron chi connectivity index (χ0n) is 14.0. The minimum absolute atomic E-state index is 0.215. The van der Waals surface area contributed by atoms with Gasteiger partial charge in [-0.3, -0.25) is 14.4 Å². The Bertz CT molecular complexity index is 767. The summed E-state index contributed by atoms with van der Waals surface area (Å²) >= 11 is 0. The van der Waals surface area contributed by atoms with Crippen molar-refractivity contribution in [3.8, 4) is 5.75 Å². The molecule has 2 aliphatic rings. The molecule has 1 saturated carbocycles. The first-order valence-corrected chi connectivity index (χ1v) is 8.36. The zero-order chi connectivity index (χ0) is 19.8. The number of ether oxygens (including phenoxy) is 1. The van der Waals surface area contributed by atoms with E-state index >= 15 is 0 Å². The number of anilines is 1. The van der Waals surface area contributed by atoms with Gasteiger partial charge in [0.05, 0.1) is 11.8 Å². The molecule has 0 spiro atoms. The maximum atomic E-state index is 12.5. The molecule has 2 amide bonds. The summed E-state index contributed by atoms with van der Waals surface area (Å²) < 4.78 is 40.9. The molecule has 146 valence electrons. The van der Waals surface area contributed by atoms with Crippen molar-refractivity contribution < 1.29 is 37.4 Å². The van der Waals surface area contributed by atoms with Gasteiger partial charge in [-0.2, -0.15) is 0 Å². The van der Waals surface area contributed by atoms with E-state index in [1.54, 1.807) is 0 Å². The summed E-state index contributed by atoms with van der Waals surface area (Å²) in [5, 5.41) is 11.6. The molecule has 0 radical (unpaired) electrons. The lowest BCUT2D eigenvalue weighted by molar-refractivity contribution is -0.274. The highest BCUT2D eigenvalue weighted by molar-refractivity contribution is 6.02. The summed E-state index contributed by atoms with van der Waals surface area (Å²) in [5.41, 5.74) is 0.227. The monoisotopic (exact) mass is 386 g/mol. The second kappa shape index (κ2) is 7.09. The van der Waals surface area contributed by atoms with Gasteiger partial charge in [0, 0.05) is 18.3 Å². The molecule has 0 aromatic heterocycles. The molecule has 1 heterocycles. The molecule has 2 fully saturated rings. The van der Waals surface area contributed by atoms with E-state index in [-0.39, 0.29) is 18.7 Å². The molecular weight excluding hydrogens is 369 g/mol. The van der Waals surface area contributed by atoms with Gasteiger partial charge in [0.2, 0.25) is 11.8 Å². The molecule has 0 bridgehead atoms. The van der Waals surface area contributed by atoms with Crippen LogP contribution in [0.5, 0.6) is 5.75 Å². The maximum absolute atomic E-state index is 12.5. The first kappa shape index (κ1) is 19.0. The number of nitrogens with zero attached hydrogens (tertiary/aromatic N) is 1. The molecule has 2 N–H and O–H groups in total. The first-order valence-electron chi connectivity index (χ1n) is 8.36. The Kier molecular flexibility index (Phi) is 4.99. The Morgan fingerprint density at radius 1 is 1.19 bits per heavy atom. The number of hydrogen-bond acceptors (Lipinski definition) is 4. The standard InChI is InChI=1S/C17H17F3N2O5/c18-17(19,20)27-10-3-1-2-9(8-10)22-7-6-13(15(22)24)21-14(23)11-4-5-12(11)16(25)26/h1-3,8,11-13H,4-7H2,(H,21,23)(H,25,26). The number of rotatable bonds is 5. The van der Waals surface area contributed by atoms with Crippen LogP contribution in [0.2, 0.25) is 0 Å². The van der Waals surface area contributed by atoms with Crippen molar-refractivity contribution >= 4 is 23.5 Å². The van der Waals surface area contributed by atoms with Gasteiger partial charge in [0.15, 0.2) is 0 Å². The quantitative estimate of drug-likeness (QED) is 0.806. The van der Waals surface area contributed by atoms with E-state index in [0.29, 0.717) is 12.8 Å². The van der Waals surface area contributed by atoms with Crippen LogP contribution in [-0.2, 0) is 14.4 Å². The van der Waals surface area contributed by atoms with Crippen molar-refractivity contribution in [2.75, 3.05) is 11.4 Å². The van der Waals surface area contributed by atoms with Crippen LogP contribution in [0.4, 0.5) is 18.9 Å². The van der Waals surface area contributed by atoms with E-state index < -0.39 is 47.8 Å². The summed E-state index contributed by atoms with van der Waals surface area (Å²) in [6.45, 7) is 0.215. The largest absolute Gasteiger partial charge is 0.573 e. The van der Waals surface area contributed by atoms with E-state index in [0.717, 1.165) is 12.1 Å². The van der Waals surface area contributed by atoms with E-state index in [4.69, 9.17) is 5.11 Å². The second-order valence-electron chi connectivity index (χ2n) is 6.51. The number of alkyl halides is 3. The minimum Gasteiger partial charge on any atom is -0.481 e. The normalized spacial score (nSPS) is 25.1.